The highest BCUT2D eigenvalue weighted by Crippen LogP contribution is 2.19. The average molecular weight is 396 g/mol. The van der Waals surface area contributed by atoms with E-state index in [9.17, 15) is 4.79 Å². The first kappa shape index (κ1) is 19.2. The van der Waals surface area contributed by atoms with Gasteiger partial charge in [-0.05, 0) is 42.0 Å². The molecule has 1 amide bonds. The summed E-state index contributed by atoms with van der Waals surface area (Å²) in [6.07, 6.45) is 0.859. The summed E-state index contributed by atoms with van der Waals surface area (Å²) in [7, 11) is 0. The van der Waals surface area contributed by atoms with Crippen molar-refractivity contribution >= 4 is 22.6 Å². The van der Waals surface area contributed by atoms with Crippen molar-refractivity contribution in [1.29, 1.82) is 5.26 Å². The first-order chi connectivity index (χ1) is 14.7. The van der Waals surface area contributed by atoms with E-state index in [0.29, 0.717) is 36.4 Å². The Labute approximate surface area is 174 Å². The Morgan fingerprint density at radius 3 is 2.80 bits per heavy atom. The molecule has 3 aromatic carbocycles. The molecule has 4 aromatic rings. The number of carbonyl (C=O) groups excluding carboxylic acids is 1. The number of nitrogens with zero attached hydrogens (tertiary/aromatic N) is 2. The summed E-state index contributed by atoms with van der Waals surface area (Å²) in [6.45, 7) is 0.346. The van der Waals surface area contributed by atoms with Crippen molar-refractivity contribution in [3.8, 4) is 11.8 Å². The smallest absolute Gasteiger partial charge is 0.224 e. The van der Waals surface area contributed by atoms with Crippen molar-refractivity contribution in [2.24, 2.45) is 0 Å². The highest BCUT2D eigenvalue weighted by Gasteiger charge is 2.07. The number of ether oxygens (including phenoxy) is 1. The van der Waals surface area contributed by atoms with Gasteiger partial charge in [0.2, 0.25) is 5.91 Å². The van der Waals surface area contributed by atoms with Gasteiger partial charge in [0.1, 0.15) is 18.2 Å². The quantitative estimate of drug-likeness (QED) is 0.478. The second-order valence-corrected chi connectivity index (χ2v) is 6.88. The van der Waals surface area contributed by atoms with E-state index >= 15 is 0 Å². The zero-order chi connectivity index (χ0) is 20.8. The van der Waals surface area contributed by atoms with Crippen molar-refractivity contribution in [3.05, 3.63) is 89.7 Å². The van der Waals surface area contributed by atoms with Gasteiger partial charge in [-0.25, -0.2) is 4.98 Å². The van der Waals surface area contributed by atoms with E-state index in [2.05, 4.69) is 21.4 Å². The Morgan fingerprint density at radius 1 is 1.07 bits per heavy atom. The number of nitrogens with one attached hydrogen (secondary N) is 2. The zero-order valence-electron chi connectivity index (χ0n) is 16.3. The maximum absolute atomic E-state index is 12.3. The molecule has 148 valence electrons. The third-order valence-corrected chi connectivity index (χ3v) is 4.61. The van der Waals surface area contributed by atoms with Crippen LogP contribution in [-0.4, -0.2) is 15.9 Å². The number of hydrogen-bond donors (Lipinski definition) is 2. The molecule has 0 spiro atoms. The highest BCUT2D eigenvalue weighted by atomic mass is 16.5. The Kier molecular flexibility index (Phi) is 5.72. The summed E-state index contributed by atoms with van der Waals surface area (Å²) in [5.41, 5.74) is 4.06. The number of aryl methyl sites for hydroxylation is 1. The summed E-state index contributed by atoms with van der Waals surface area (Å²) >= 11 is 0. The molecule has 0 aliphatic carbocycles. The molecule has 30 heavy (non-hydrogen) atoms. The minimum Gasteiger partial charge on any atom is -0.489 e. The fourth-order valence-electron chi connectivity index (χ4n) is 3.14. The molecule has 4 rings (SSSR count). The van der Waals surface area contributed by atoms with Gasteiger partial charge in [-0.2, -0.15) is 5.26 Å². The van der Waals surface area contributed by atoms with Gasteiger partial charge in [0.15, 0.2) is 0 Å². The van der Waals surface area contributed by atoms with Crippen LogP contribution in [0.4, 0.5) is 5.69 Å². The van der Waals surface area contributed by atoms with Gasteiger partial charge in [-0.1, -0.05) is 30.3 Å². The largest absolute Gasteiger partial charge is 0.489 e. The monoisotopic (exact) mass is 396 g/mol. The van der Waals surface area contributed by atoms with E-state index < -0.39 is 0 Å². The van der Waals surface area contributed by atoms with Gasteiger partial charge in [0, 0.05) is 24.6 Å². The summed E-state index contributed by atoms with van der Waals surface area (Å²) in [6, 6.07) is 24.5. The molecule has 0 saturated carbocycles. The second kappa shape index (κ2) is 8.93. The lowest BCUT2D eigenvalue weighted by atomic mass is 10.1. The number of rotatable bonds is 7. The number of hydrogen-bond acceptors (Lipinski definition) is 4. The molecule has 0 aliphatic rings. The Balaban J connectivity index is 1.31. The van der Waals surface area contributed by atoms with Gasteiger partial charge in [-0.3, -0.25) is 4.79 Å². The van der Waals surface area contributed by atoms with Crippen molar-refractivity contribution in [2.45, 2.75) is 19.4 Å². The number of nitriles is 1. The number of amides is 1. The third kappa shape index (κ3) is 4.83. The molecule has 0 bridgehead atoms. The maximum atomic E-state index is 12.3. The van der Waals surface area contributed by atoms with Crippen LogP contribution < -0.4 is 10.1 Å². The highest BCUT2D eigenvalue weighted by molar-refractivity contribution is 5.91. The van der Waals surface area contributed by atoms with Crippen molar-refractivity contribution in [3.63, 3.8) is 0 Å². The van der Waals surface area contributed by atoms with Gasteiger partial charge >= 0.3 is 0 Å². The molecule has 2 N–H and O–H groups in total. The summed E-state index contributed by atoms with van der Waals surface area (Å²) in [4.78, 5) is 20.1. The number of benzene rings is 3. The van der Waals surface area contributed by atoms with Crippen LogP contribution in [-0.2, 0) is 17.8 Å². The number of para-hydroxylation sites is 2. The molecule has 0 radical (unpaired) electrons. The lowest BCUT2D eigenvalue weighted by Crippen LogP contribution is -2.12. The Bertz CT molecular complexity index is 1190. The number of imidazole rings is 1. The van der Waals surface area contributed by atoms with E-state index in [-0.39, 0.29) is 5.91 Å². The zero-order valence-corrected chi connectivity index (χ0v) is 16.3. The van der Waals surface area contributed by atoms with E-state index in [4.69, 9.17) is 10.00 Å². The predicted octanol–water partition coefficient (Wildman–Crippen LogP) is 4.58. The number of aromatic amines is 1. The van der Waals surface area contributed by atoms with Crippen molar-refractivity contribution < 1.29 is 9.53 Å². The van der Waals surface area contributed by atoms with Crippen LogP contribution in [0, 0.1) is 11.3 Å². The molecular formula is C24H20N4O2. The fraction of sp³-hybridized carbons (Fsp3) is 0.125. The van der Waals surface area contributed by atoms with Crippen molar-refractivity contribution in [1.82, 2.24) is 9.97 Å². The van der Waals surface area contributed by atoms with Gasteiger partial charge in [0.25, 0.3) is 0 Å². The maximum Gasteiger partial charge on any atom is 0.224 e. The SMILES string of the molecule is N#Cc1cccc(COc2cccc(NC(=O)CCc3nc4ccccc4[nH]3)c2)c1. The molecule has 1 heterocycles. The van der Waals surface area contributed by atoms with Crippen LogP contribution in [0.2, 0.25) is 0 Å². The van der Waals surface area contributed by atoms with Crippen LogP contribution in [0.1, 0.15) is 23.4 Å². The summed E-state index contributed by atoms with van der Waals surface area (Å²) in [5.74, 6) is 1.35. The lowest BCUT2D eigenvalue weighted by molar-refractivity contribution is -0.116. The second-order valence-electron chi connectivity index (χ2n) is 6.88. The van der Waals surface area contributed by atoms with Crippen LogP contribution in [0.25, 0.3) is 11.0 Å². The molecule has 6 heteroatoms. The molecule has 0 aliphatic heterocycles. The Morgan fingerprint density at radius 2 is 1.93 bits per heavy atom. The molecule has 0 saturated heterocycles. The first-order valence-electron chi connectivity index (χ1n) is 9.65. The number of carbonyl (C=O) groups is 1. The van der Waals surface area contributed by atoms with E-state index in [1.807, 2.05) is 54.6 Å². The van der Waals surface area contributed by atoms with Crippen LogP contribution in [0.3, 0.4) is 0 Å². The minimum absolute atomic E-state index is 0.0886. The number of H-pyrrole nitrogens is 1. The molecule has 0 fully saturated rings. The van der Waals surface area contributed by atoms with Gasteiger partial charge in [-0.15, -0.1) is 0 Å². The van der Waals surface area contributed by atoms with E-state index in [1.165, 1.54) is 0 Å². The van der Waals surface area contributed by atoms with Gasteiger partial charge < -0.3 is 15.0 Å². The third-order valence-electron chi connectivity index (χ3n) is 4.61. The number of fused-ring (bicyclic) bond motifs is 1. The molecular weight excluding hydrogens is 376 g/mol. The first-order valence-corrected chi connectivity index (χ1v) is 9.65. The fourth-order valence-corrected chi connectivity index (χ4v) is 3.14. The number of anilines is 1. The van der Waals surface area contributed by atoms with Crippen LogP contribution >= 0.6 is 0 Å². The minimum atomic E-state index is -0.0886. The molecule has 6 nitrogen and oxygen atoms in total. The predicted molar refractivity (Wildman–Crippen MR) is 115 cm³/mol. The Hall–Kier alpha value is -4.11. The molecule has 1 aromatic heterocycles. The topological polar surface area (TPSA) is 90.8 Å². The van der Waals surface area contributed by atoms with Crippen LogP contribution in [0.15, 0.2) is 72.8 Å². The standard InChI is InChI=1S/C24H20N4O2/c25-15-17-5-3-6-18(13-17)16-30-20-8-4-7-19(14-20)26-24(29)12-11-23-27-21-9-1-2-10-22(21)28-23/h1-10,13-14H,11-12,16H2,(H,26,29)(H,27,28). The van der Waals surface area contributed by atoms with Gasteiger partial charge in [0.05, 0.1) is 22.7 Å². The normalized spacial score (nSPS) is 10.5. The summed E-state index contributed by atoms with van der Waals surface area (Å²) < 4.78 is 5.80. The van der Waals surface area contributed by atoms with E-state index in [1.54, 1.807) is 18.2 Å². The summed E-state index contributed by atoms with van der Waals surface area (Å²) in [5, 5.41) is 11.9. The molecule has 0 unspecified atom stereocenters. The number of aromatic nitrogens is 2. The van der Waals surface area contributed by atoms with Crippen LogP contribution in [0.5, 0.6) is 5.75 Å². The average Bonchev–Trinajstić information content (AvgIpc) is 3.20. The van der Waals surface area contributed by atoms with E-state index in [0.717, 1.165) is 22.4 Å². The lowest BCUT2D eigenvalue weighted by Gasteiger charge is -2.09. The molecule has 0 atom stereocenters. The van der Waals surface area contributed by atoms with Crippen molar-refractivity contribution in [2.75, 3.05) is 5.32 Å².